The first-order valence-corrected chi connectivity index (χ1v) is 10.5. The molecule has 0 bridgehead atoms. The number of aryl methyl sites for hydroxylation is 2. The van der Waals surface area contributed by atoms with Gasteiger partial charge in [-0.3, -0.25) is 4.79 Å². The molecule has 1 aliphatic carbocycles. The third-order valence-electron chi connectivity index (χ3n) is 5.32. The normalized spacial score (nSPS) is 18.1. The second-order valence-corrected chi connectivity index (χ2v) is 8.90. The van der Waals surface area contributed by atoms with E-state index in [1.807, 2.05) is 24.4 Å². The van der Waals surface area contributed by atoms with Crippen LogP contribution in [0.4, 0.5) is 0 Å². The summed E-state index contributed by atoms with van der Waals surface area (Å²) < 4.78 is 27.4. The van der Waals surface area contributed by atoms with Gasteiger partial charge in [0, 0.05) is 38.6 Å². The monoisotopic (exact) mass is 373 g/mol. The standard InChI is InChI=1S/C19H23N3O3S/c23-19(12-15-6-7-20-14-15)21-8-10-22(11-9-21)26(24,25)18-5-4-16-2-1-3-17(16)13-18/h4-7,13-14,20H,1-3,8-12H2. The van der Waals surface area contributed by atoms with Crippen LogP contribution in [0.1, 0.15) is 23.1 Å². The van der Waals surface area contributed by atoms with Crippen LogP contribution >= 0.6 is 0 Å². The fourth-order valence-electron chi connectivity index (χ4n) is 3.79. The maximum Gasteiger partial charge on any atom is 0.243 e. The minimum absolute atomic E-state index is 0.0409. The van der Waals surface area contributed by atoms with E-state index in [9.17, 15) is 13.2 Å². The number of amides is 1. The molecular formula is C19H23N3O3S. The molecule has 1 aromatic heterocycles. The Bertz CT molecular complexity index is 898. The van der Waals surface area contributed by atoms with E-state index in [0.29, 0.717) is 37.5 Å². The molecule has 6 nitrogen and oxygen atoms in total. The summed E-state index contributed by atoms with van der Waals surface area (Å²) in [5.41, 5.74) is 3.37. The number of H-pyrrole nitrogens is 1. The summed E-state index contributed by atoms with van der Waals surface area (Å²) in [6.07, 6.45) is 7.05. The minimum atomic E-state index is -3.49. The summed E-state index contributed by atoms with van der Waals surface area (Å²) in [6, 6.07) is 7.39. The van der Waals surface area contributed by atoms with Crippen molar-refractivity contribution in [3.8, 4) is 0 Å². The summed E-state index contributed by atoms with van der Waals surface area (Å²) >= 11 is 0. The maximum absolute atomic E-state index is 12.9. The van der Waals surface area contributed by atoms with Crippen LogP contribution in [0.5, 0.6) is 0 Å². The average molecular weight is 373 g/mol. The van der Waals surface area contributed by atoms with Crippen LogP contribution in [-0.2, 0) is 34.1 Å². The number of fused-ring (bicyclic) bond motifs is 1. The summed E-state index contributed by atoms with van der Waals surface area (Å²) in [7, 11) is -3.49. The Morgan fingerprint density at radius 1 is 1.04 bits per heavy atom. The molecule has 1 aliphatic heterocycles. The van der Waals surface area contributed by atoms with Gasteiger partial charge < -0.3 is 9.88 Å². The van der Waals surface area contributed by atoms with Gasteiger partial charge in [0.05, 0.1) is 11.3 Å². The highest BCUT2D eigenvalue weighted by atomic mass is 32.2. The largest absolute Gasteiger partial charge is 0.367 e. The first kappa shape index (κ1) is 17.3. The lowest BCUT2D eigenvalue weighted by molar-refractivity contribution is -0.131. The molecule has 1 fully saturated rings. The van der Waals surface area contributed by atoms with E-state index in [4.69, 9.17) is 0 Å². The Morgan fingerprint density at radius 2 is 1.81 bits per heavy atom. The van der Waals surface area contributed by atoms with E-state index in [2.05, 4.69) is 4.98 Å². The van der Waals surface area contributed by atoms with Crippen molar-refractivity contribution in [3.63, 3.8) is 0 Å². The first-order chi connectivity index (χ1) is 12.5. The van der Waals surface area contributed by atoms with Gasteiger partial charge in [0.15, 0.2) is 0 Å². The molecular weight excluding hydrogens is 350 g/mol. The van der Waals surface area contributed by atoms with Gasteiger partial charge in [0.2, 0.25) is 15.9 Å². The molecule has 7 heteroatoms. The Balaban J connectivity index is 1.41. The molecule has 1 saturated heterocycles. The molecule has 0 spiro atoms. The SMILES string of the molecule is O=C(Cc1cc[nH]c1)N1CCN(S(=O)(=O)c2ccc3c(c2)CCC3)CC1. The van der Waals surface area contributed by atoms with Gasteiger partial charge in [-0.1, -0.05) is 6.07 Å². The third-order valence-corrected chi connectivity index (χ3v) is 7.21. The van der Waals surface area contributed by atoms with Crippen LogP contribution in [0.3, 0.4) is 0 Å². The van der Waals surface area contributed by atoms with Gasteiger partial charge in [-0.05, 0) is 54.2 Å². The predicted octanol–water partition coefficient (Wildman–Crippen LogP) is 1.58. The van der Waals surface area contributed by atoms with Crippen LogP contribution in [0.25, 0.3) is 0 Å². The number of sulfonamides is 1. The summed E-state index contributed by atoms with van der Waals surface area (Å²) in [6.45, 7) is 1.57. The number of benzene rings is 1. The van der Waals surface area contributed by atoms with Gasteiger partial charge in [-0.15, -0.1) is 0 Å². The molecule has 0 radical (unpaired) electrons. The van der Waals surface area contributed by atoms with E-state index in [-0.39, 0.29) is 5.91 Å². The van der Waals surface area contributed by atoms with Crippen molar-refractivity contribution < 1.29 is 13.2 Å². The van der Waals surface area contributed by atoms with Crippen molar-refractivity contribution in [3.05, 3.63) is 53.3 Å². The summed E-state index contributed by atoms with van der Waals surface area (Å²) in [5.74, 6) is 0.0409. The zero-order valence-corrected chi connectivity index (χ0v) is 15.5. The number of hydrogen-bond donors (Lipinski definition) is 1. The average Bonchev–Trinajstić information content (AvgIpc) is 3.32. The number of nitrogens with one attached hydrogen (secondary N) is 1. The van der Waals surface area contributed by atoms with Crippen molar-refractivity contribution in [1.82, 2.24) is 14.2 Å². The van der Waals surface area contributed by atoms with Crippen LogP contribution in [0.2, 0.25) is 0 Å². The van der Waals surface area contributed by atoms with Crippen molar-refractivity contribution in [2.45, 2.75) is 30.6 Å². The van der Waals surface area contributed by atoms with Crippen LogP contribution in [0.15, 0.2) is 41.6 Å². The number of carbonyl (C=O) groups excluding carboxylic acids is 1. The second kappa shape index (κ2) is 6.89. The van der Waals surface area contributed by atoms with Gasteiger partial charge >= 0.3 is 0 Å². The highest BCUT2D eigenvalue weighted by molar-refractivity contribution is 7.89. The van der Waals surface area contributed by atoms with E-state index in [0.717, 1.165) is 30.4 Å². The van der Waals surface area contributed by atoms with Gasteiger partial charge in [0.25, 0.3) is 0 Å². The number of piperazine rings is 1. The molecule has 0 saturated carbocycles. The van der Waals surface area contributed by atoms with Crippen LogP contribution in [-0.4, -0.2) is 54.7 Å². The minimum Gasteiger partial charge on any atom is -0.367 e. The lowest BCUT2D eigenvalue weighted by atomic mass is 10.1. The fourth-order valence-corrected chi connectivity index (χ4v) is 5.26. The first-order valence-electron chi connectivity index (χ1n) is 9.05. The van der Waals surface area contributed by atoms with Crippen LogP contribution < -0.4 is 0 Å². The Labute approximate surface area is 153 Å². The van der Waals surface area contributed by atoms with Gasteiger partial charge in [-0.2, -0.15) is 4.31 Å². The predicted molar refractivity (Wildman–Crippen MR) is 98.3 cm³/mol. The van der Waals surface area contributed by atoms with Gasteiger partial charge in [-0.25, -0.2) is 8.42 Å². The molecule has 26 heavy (non-hydrogen) atoms. The smallest absolute Gasteiger partial charge is 0.243 e. The van der Waals surface area contributed by atoms with Crippen LogP contribution in [0, 0.1) is 0 Å². The third kappa shape index (κ3) is 3.29. The summed E-state index contributed by atoms with van der Waals surface area (Å²) in [4.78, 5) is 17.4. The number of aromatic amines is 1. The summed E-state index contributed by atoms with van der Waals surface area (Å²) in [5, 5.41) is 0. The molecule has 0 atom stereocenters. The lowest BCUT2D eigenvalue weighted by Crippen LogP contribution is -2.50. The Kier molecular flexibility index (Phi) is 4.58. The molecule has 2 aliphatic rings. The molecule has 0 unspecified atom stereocenters. The molecule has 2 heterocycles. The fraction of sp³-hybridized carbons (Fsp3) is 0.421. The Morgan fingerprint density at radius 3 is 2.54 bits per heavy atom. The van der Waals surface area contributed by atoms with E-state index >= 15 is 0 Å². The number of hydrogen-bond acceptors (Lipinski definition) is 3. The highest BCUT2D eigenvalue weighted by Crippen LogP contribution is 2.26. The molecule has 2 aromatic rings. The molecule has 138 valence electrons. The molecule has 1 N–H and O–H groups in total. The van der Waals surface area contributed by atoms with E-state index < -0.39 is 10.0 Å². The van der Waals surface area contributed by atoms with Gasteiger partial charge in [0.1, 0.15) is 0 Å². The van der Waals surface area contributed by atoms with Crippen molar-refractivity contribution in [2.75, 3.05) is 26.2 Å². The molecule has 1 aromatic carbocycles. The second-order valence-electron chi connectivity index (χ2n) is 6.96. The molecule has 1 amide bonds. The molecule has 4 rings (SSSR count). The number of rotatable bonds is 4. The highest BCUT2D eigenvalue weighted by Gasteiger charge is 2.30. The lowest BCUT2D eigenvalue weighted by Gasteiger charge is -2.34. The van der Waals surface area contributed by atoms with E-state index in [1.165, 1.54) is 9.87 Å². The number of aromatic nitrogens is 1. The van der Waals surface area contributed by atoms with Crippen molar-refractivity contribution in [2.24, 2.45) is 0 Å². The van der Waals surface area contributed by atoms with Crippen molar-refractivity contribution >= 4 is 15.9 Å². The topological polar surface area (TPSA) is 73.5 Å². The Hall–Kier alpha value is -2.12. The number of carbonyl (C=O) groups is 1. The van der Waals surface area contributed by atoms with Crippen molar-refractivity contribution in [1.29, 1.82) is 0 Å². The number of nitrogens with zero attached hydrogens (tertiary/aromatic N) is 2. The zero-order chi connectivity index (χ0) is 18.1. The maximum atomic E-state index is 12.9. The zero-order valence-electron chi connectivity index (χ0n) is 14.6. The van der Waals surface area contributed by atoms with E-state index in [1.54, 1.807) is 17.2 Å². The quantitative estimate of drug-likeness (QED) is 0.884.